The predicted molar refractivity (Wildman–Crippen MR) is 141 cm³/mol. The van der Waals surface area contributed by atoms with E-state index >= 15 is 0 Å². The second-order valence-electron chi connectivity index (χ2n) is 8.44. The Morgan fingerprint density at radius 3 is 1.82 bits per heavy atom. The van der Waals surface area contributed by atoms with Crippen LogP contribution >= 0.6 is 0 Å². The van der Waals surface area contributed by atoms with Crippen molar-refractivity contribution in [3.63, 3.8) is 0 Å². The van der Waals surface area contributed by atoms with Crippen molar-refractivity contribution >= 4 is 60.2 Å². The molecule has 1 aliphatic carbocycles. The van der Waals surface area contributed by atoms with E-state index in [0.717, 1.165) is 12.1 Å². The van der Waals surface area contributed by atoms with Crippen LogP contribution in [-0.4, -0.2) is 42.5 Å². The van der Waals surface area contributed by atoms with Crippen molar-refractivity contribution in [3.8, 4) is 0 Å². The summed E-state index contributed by atoms with van der Waals surface area (Å²) >= 11 is 0. The quantitative estimate of drug-likeness (QED) is 0.148. The molecule has 0 spiro atoms. The van der Waals surface area contributed by atoms with Crippen molar-refractivity contribution in [2.24, 2.45) is 0 Å². The lowest BCUT2D eigenvalue weighted by Crippen LogP contribution is -2.25. The Labute approximate surface area is 222 Å². The lowest BCUT2D eigenvalue weighted by molar-refractivity contribution is 0.0980. The summed E-state index contributed by atoms with van der Waals surface area (Å²) in [4.78, 5) is 29.3. The van der Waals surface area contributed by atoms with Crippen LogP contribution in [0.15, 0.2) is 82.8 Å². The zero-order chi connectivity index (χ0) is 28.1. The SMILES string of the molecule is Nc1c(S(=O)(=O)O)cc(Nc2ccc(Nc3ccncc3)c(S(=O)(=O)O)c2)c2c1C(=O)c1ccccc1C2=O. The van der Waals surface area contributed by atoms with Crippen LogP contribution in [0.3, 0.4) is 0 Å². The molecule has 4 aromatic rings. The monoisotopic (exact) mass is 566 g/mol. The summed E-state index contributed by atoms with van der Waals surface area (Å²) in [6.45, 7) is 0. The fraction of sp³-hybridized carbons (Fsp3) is 0. The molecular formula is C25H18N4O8S2. The summed E-state index contributed by atoms with van der Waals surface area (Å²) in [6, 6.07) is 13.6. The molecule has 1 aliphatic rings. The van der Waals surface area contributed by atoms with Gasteiger partial charge in [-0.15, -0.1) is 0 Å². The maximum Gasteiger partial charge on any atom is 0.296 e. The summed E-state index contributed by atoms with van der Waals surface area (Å²) in [5.74, 6) is -1.39. The first-order valence-electron chi connectivity index (χ1n) is 11.0. The highest BCUT2D eigenvalue weighted by molar-refractivity contribution is 7.86. The Kier molecular flexibility index (Phi) is 6.19. The van der Waals surface area contributed by atoms with Gasteiger partial charge in [0.05, 0.1) is 28.2 Å². The smallest absolute Gasteiger partial charge is 0.296 e. The average Bonchev–Trinajstić information content (AvgIpc) is 2.88. The van der Waals surface area contributed by atoms with Gasteiger partial charge in [-0.3, -0.25) is 23.7 Å². The largest absolute Gasteiger partial charge is 0.397 e. The number of carbonyl (C=O) groups excluding carboxylic acids is 2. The molecule has 0 amide bonds. The summed E-state index contributed by atoms with van der Waals surface area (Å²) in [5, 5.41) is 5.59. The van der Waals surface area contributed by atoms with Gasteiger partial charge in [0.2, 0.25) is 0 Å². The lowest BCUT2D eigenvalue weighted by Gasteiger charge is -2.24. The van der Waals surface area contributed by atoms with Crippen LogP contribution in [0.25, 0.3) is 0 Å². The maximum atomic E-state index is 13.5. The highest BCUT2D eigenvalue weighted by Crippen LogP contribution is 2.40. The van der Waals surface area contributed by atoms with Crippen molar-refractivity contribution in [2.45, 2.75) is 9.79 Å². The second kappa shape index (κ2) is 9.28. The second-order valence-corrected chi connectivity index (χ2v) is 11.2. The standard InChI is InChI=1S/C25H18N4O8S2/c26-23-20(39(35,36)37)12-18(21-22(23)25(31)16-4-2-1-3-15(16)24(21)30)29-14-5-6-17(19(11-14)38(32,33)34)28-13-7-9-27-10-8-13/h1-12,29H,26H2,(H,27,28)(H,32,33,34)(H,35,36,37). The minimum atomic E-state index is -4.95. The van der Waals surface area contributed by atoms with Crippen molar-refractivity contribution in [1.82, 2.24) is 4.98 Å². The third kappa shape index (κ3) is 4.72. The van der Waals surface area contributed by atoms with Crippen LogP contribution < -0.4 is 16.4 Å². The van der Waals surface area contributed by atoms with Crippen LogP contribution in [0.5, 0.6) is 0 Å². The number of aromatic nitrogens is 1. The number of ketones is 2. The molecular weight excluding hydrogens is 548 g/mol. The molecule has 198 valence electrons. The van der Waals surface area contributed by atoms with E-state index in [2.05, 4.69) is 15.6 Å². The van der Waals surface area contributed by atoms with Crippen molar-refractivity contribution in [3.05, 3.63) is 95.3 Å². The zero-order valence-electron chi connectivity index (χ0n) is 19.6. The first kappa shape index (κ1) is 26.0. The normalized spacial score (nSPS) is 13.0. The minimum Gasteiger partial charge on any atom is -0.397 e. The molecule has 0 bridgehead atoms. The van der Waals surface area contributed by atoms with Crippen molar-refractivity contribution in [1.29, 1.82) is 0 Å². The third-order valence-corrected chi connectivity index (χ3v) is 7.76. The molecule has 1 aromatic heterocycles. The number of nitrogens with one attached hydrogen (secondary N) is 2. The van der Waals surface area contributed by atoms with Gasteiger partial charge in [0, 0.05) is 34.9 Å². The molecule has 39 heavy (non-hydrogen) atoms. The van der Waals surface area contributed by atoms with Crippen molar-refractivity contribution in [2.75, 3.05) is 16.4 Å². The molecule has 12 nitrogen and oxygen atoms in total. The topological polar surface area (TPSA) is 206 Å². The molecule has 14 heteroatoms. The van der Waals surface area contributed by atoms with Crippen LogP contribution in [0.4, 0.5) is 28.4 Å². The fourth-order valence-corrected chi connectivity index (χ4v) is 5.59. The van der Waals surface area contributed by atoms with Crippen LogP contribution in [-0.2, 0) is 20.2 Å². The van der Waals surface area contributed by atoms with E-state index in [1.54, 1.807) is 18.2 Å². The molecule has 0 saturated heterocycles. The highest BCUT2D eigenvalue weighted by atomic mass is 32.2. The molecule has 0 radical (unpaired) electrons. The van der Waals surface area contributed by atoms with Gasteiger partial charge >= 0.3 is 0 Å². The van der Waals surface area contributed by atoms with E-state index < -0.39 is 52.8 Å². The van der Waals surface area contributed by atoms with E-state index in [9.17, 15) is 35.5 Å². The predicted octanol–water partition coefficient (Wildman–Crippen LogP) is 3.42. The van der Waals surface area contributed by atoms with E-state index in [4.69, 9.17) is 5.73 Å². The summed E-state index contributed by atoms with van der Waals surface area (Å²) in [5.41, 5.74) is 4.95. The number of pyridine rings is 1. The van der Waals surface area contributed by atoms with Gasteiger partial charge in [-0.25, -0.2) is 0 Å². The summed E-state index contributed by atoms with van der Waals surface area (Å²) < 4.78 is 68.2. The minimum absolute atomic E-state index is 0.000312. The number of carbonyl (C=O) groups is 2. The van der Waals surface area contributed by atoms with Gasteiger partial charge < -0.3 is 16.4 Å². The Morgan fingerprint density at radius 2 is 1.23 bits per heavy atom. The van der Waals surface area contributed by atoms with E-state index in [1.807, 2.05) is 0 Å². The first-order chi connectivity index (χ1) is 18.4. The van der Waals surface area contributed by atoms with Crippen LogP contribution in [0.1, 0.15) is 31.8 Å². The van der Waals surface area contributed by atoms with Crippen LogP contribution in [0, 0.1) is 0 Å². The molecule has 0 unspecified atom stereocenters. The van der Waals surface area contributed by atoms with E-state index in [1.165, 1.54) is 42.7 Å². The Balaban J connectivity index is 1.68. The lowest BCUT2D eigenvalue weighted by atomic mass is 9.82. The summed E-state index contributed by atoms with van der Waals surface area (Å²) in [7, 11) is -9.73. The van der Waals surface area contributed by atoms with Gasteiger partial charge in [-0.2, -0.15) is 16.8 Å². The maximum absolute atomic E-state index is 13.5. The number of rotatable bonds is 6. The van der Waals surface area contributed by atoms with Gasteiger partial charge in [0.25, 0.3) is 20.2 Å². The number of anilines is 5. The Hall–Kier alpha value is -4.63. The first-order valence-corrected chi connectivity index (χ1v) is 13.9. The highest BCUT2D eigenvalue weighted by Gasteiger charge is 2.36. The van der Waals surface area contributed by atoms with Gasteiger partial charge in [0.1, 0.15) is 9.79 Å². The van der Waals surface area contributed by atoms with Gasteiger partial charge in [0.15, 0.2) is 11.6 Å². The number of nitrogen functional groups attached to an aromatic ring is 1. The van der Waals surface area contributed by atoms with Gasteiger partial charge in [-0.1, -0.05) is 24.3 Å². The molecule has 5 rings (SSSR count). The summed E-state index contributed by atoms with van der Waals surface area (Å²) in [6.07, 6.45) is 2.94. The molecule has 0 fully saturated rings. The average molecular weight is 567 g/mol. The molecule has 0 aliphatic heterocycles. The Bertz CT molecular complexity index is 1910. The number of nitrogens with two attached hydrogens (primary N) is 1. The molecule has 3 aromatic carbocycles. The fourth-order valence-electron chi connectivity index (χ4n) is 4.27. The number of hydrogen-bond acceptors (Lipinski definition) is 10. The number of fused-ring (bicyclic) bond motifs is 2. The van der Waals surface area contributed by atoms with E-state index in [-0.39, 0.29) is 33.8 Å². The van der Waals surface area contributed by atoms with Crippen molar-refractivity contribution < 1.29 is 35.5 Å². The molecule has 0 saturated carbocycles. The molecule has 0 atom stereocenters. The molecule has 1 heterocycles. The van der Waals surface area contributed by atoms with Crippen LogP contribution in [0.2, 0.25) is 0 Å². The van der Waals surface area contributed by atoms with E-state index in [0.29, 0.717) is 5.69 Å². The molecule has 6 N–H and O–H groups in total. The number of benzene rings is 3. The third-order valence-electron chi connectivity index (χ3n) is 5.98. The zero-order valence-corrected chi connectivity index (χ0v) is 21.2. The Morgan fingerprint density at radius 1 is 0.667 bits per heavy atom. The number of nitrogens with zero attached hydrogens (tertiary/aromatic N) is 1. The van der Waals surface area contributed by atoms with Gasteiger partial charge in [-0.05, 0) is 36.4 Å². The number of hydrogen-bond donors (Lipinski definition) is 5.